The van der Waals surface area contributed by atoms with Gasteiger partial charge in [0.15, 0.2) is 0 Å². The molecule has 10 heavy (non-hydrogen) atoms. The minimum absolute atomic E-state index is 0.149. The first-order valence-electron chi connectivity index (χ1n) is 2.95. The van der Waals surface area contributed by atoms with Crippen LogP contribution in [-0.2, 0) is 15.3 Å². The summed E-state index contributed by atoms with van der Waals surface area (Å²) >= 11 is 0. The van der Waals surface area contributed by atoms with Gasteiger partial charge in [-0.15, -0.1) is 0 Å². The Morgan fingerprint density at radius 3 is 2.20 bits per heavy atom. The first kappa shape index (κ1) is 7.23. The Kier molecular flexibility index (Phi) is 2.41. The van der Waals surface area contributed by atoms with Crippen molar-refractivity contribution in [2.24, 2.45) is 0 Å². The highest BCUT2D eigenvalue weighted by Crippen LogP contribution is 2.13. The lowest BCUT2D eigenvalue weighted by molar-refractivity contribution is 0.514. The van der Waals surface area contributed by atoms with Crippen molar-refractivity contribution in [2.75, 3.05) is 0 Å². The van der Waals surface area contributed by atoms with E-state index in [-0.39, 0.29) is 6.16 Å². The van der Waals surface area contributed by atoms with E-state index in [0.717, 1.165) is 5.56 Å². The zero-order valence-corrected chi connectivity index (χ0v) is 6.25. The van der Waals surface area contributed by atoms with Crippen LogP contribution in [0.4, 0.5) is 0 Å². The minimum Gasteiger partial charge on any atom is -0.237 e. The lowest BCUT2D eigenvalue weighted by atomic mass is 10.2. The molecule has 0 saturated heterocycles. The third-order valence-electron chi connectivity index (χ3n) is 1.15. The van der Waals surface area contributed by atoms with E-state index in [1.165, 1.54) is 0 Å². The van der Waals surface area contributed by atoms with Gasteiger partial charge in [0.2, 0.25) is 0 Å². The lowest BCUT2D eigenvalue weighted by Gasteiger charge is -1.88. The van der Waals surface area contributed by atoms with E-state index in [1.54, 1.807) is 12.1 Å². The van der Waals surface area contributed by atoms with Crippen molar-refractivity contribution in [3.8, 4) is 0 Å². The van der Waals surface area contributed by atoms with Gasteiger partial charge in [-0.1, -0.05) is 30.3 Å². The Bertz CT molecular complexity index is 256. The standard InChI is InChI=1S/C7H7O2P/c8-10(9)6-7-4-2-1-3-5-7/h1-5H,6H2. The summed E-state index contributed by atoms with van der Waals surface area (Å²) in [6.45, 7) is 0. The van der Waals surface area contributed by atoms with Crippen LogP contribution in [0.2, 0.25) is 0 Å². The second kappa shape index (κ2) is 3.33. The largest absolute Gasteiger partial charge is 0.320 e. The summed E-state index contributed by atoms with van der Waals surface area (Å²) in [6, 6.07) is 9.11. The third kappa shape index (κ3) is 2.16. The molecular weight excluding hydrogens is 147 g/mol. The molecule has 0 N–H and O–H groups in total. The maximum absolute atomic E-state index is 10.2. The van der Waals surface area contributed by atoms with Crippen LogP contribution < -0.4 is 0 Å². The summed E-state index contributed by atoms with van der Waals surface area (Å²) < 4.78 is 20.4. The molecular formula is C7H7O2P. The van der Waals surface area contributed by atoms with Crippen molar-refractivity contribution >= 4 is 7.68 Å². The molecule has 0 aliphatic heterocycles. The fraction of sp³-hybridized carbons (Fsp3) is 0.143. The summed E-state index contributed by atoms with van der Waals surface area (Å²) in [5.41, 5.74) is 0.846. The Morgan fingerprint density at radius 1 is 1.10 bits per heavy atom. The van der Waals surface area contributed by atoms with E-state index in [9.17, 15) is 9.13 Å². The Morgan fingerprint density at radius 2 is 1.70 bits per heavy atom. The molecule has 0 saturated carbocycles. The van der Waals surface area contributed by atoms with E-state index < -0.39 is 7.68 Å². The quantitative estimate of drug-likeness (QED) is 0.612. The van der Waals surface area contributed by atoms with Crippen LogP contribution in [0.15, 0.2) is 30.3 Å². The van der Waals surface area contributed by atoms with Gasteiger partial charge in [0, 0.05) is 0 Å². The highest BCUT2D eigenvalue weighted by Gasteiger charge is 1.92. The second-order valence-corrected chi connectivity index (χ2v) is 2.96. The fourth-order valence-electron chi connectivity index (χ4n) is 0.732. The molecule has 0 heterocycles. The van der Waals surface area contributed by atoms with Crippen LogP contribution in [0.25, 0.3) is 0 Å². The Balaban J connectivity index is 2.77. The van der Waals surface area contributed by atoms with Gasteiger partial charge in [0.05, 0.1) is 6.16 Å². The zero-order chi connectivity index (χ0) is 7.40. The Labute approximate surface area is 59.7 Å². The second-order valence-electron chi connectivity index (χ2n) is 1.98. The highest BCUT2D eigenvalue weighted by molar-refractivity contribution is 7.29. The van der Waals surface area contributed by atoms with Gasteiger partial charge in [0.25, 0.3) is 0 Å². The molecule has 1 rings (SSSR count). The molecule has 1 aromatic carbocycles. The molecule has 0 atom stereocenters. The van der Waals surface area contributed by atoms with Crippen molar-refractivity contribution < 1.29 is 9.13 Å². The number of benzene rings is 1. The number of hydrogen-bond acceptors (Lipinski definition) is 2. The zero-order valence-electron chi connectivity index (χ0n) is 5.36. The van der Waals surface area contributed by atoms with Crippen LogP contribution in [0.3, 0.4) is 0 Å². The van der Waals surface area contributed by atoms with Gasteiger partial charge >= 0.3 is 7.68 Å². The van der Waals surface area contributed by atoms with Gasteiger partial charge in [0.1, 0.15) is 0 Å². The molecule has 3 heteroatoms. The van der Waals surface area contributed by atoms with Crippen molar-refractivity contribution in [3.05, 3.63) is 35.9 Å². The van der Waals surface area contributed by atoms with E-state index in [0.29, 0.717) is 0 Å². The lowest BCUT2D eigenvalue weighted by Crippen LogP contribution is -1.73. The summed E-state index contributed by atoms with van der Waals surface area (Å²) in [5, 5.41) is 0. The molecule has 1 aromatic rings. The fourth-order valence-corrected chi connectivity index (χ4v) is 1.24. The van der Waals surface area contributed by atoms with Crippen LogP contribution in [0.5, 0.6) is 0 Å². The molecule has 0 amide bonds. The first-order valence-corrected chi connectivity index (χ1v) is 4.31. The molecule has 0 bridgehead atoms. The van der Waals surface area contributed by atoms with Gasteiger partial charge in [-0.2, -0.15) is 0 Å². The average Bonchev–Trinajstić information content (AvgIpc) is 1.88. The molecule has 0 aromatic heterocycles. The maximum Gasteiger partial charge on any atom is 0.320 e. The third-order valence-corrected chi connectivity index (χ3v) is 1.78. The average molecular weight is 154 g/mol. The first-order chi connectivity index (χ1) is 4.79. The molecule has 52 valence electrons. The SMILES string of the molecule is O=P(=O)Cc1ccccc1. The monoisotopic (exact) mass is 154 g/mol. The van der Waals surface area contributed by atoms with E-state index in [1.807, 2.05) is 18.2 Å². The van der Waals surface area contributed by atoms with Crippen LogP contribution >= 0.6 is 7.68 Å². The van der Waals surface area contributed by atoms with Crippen molar-refractivity contribution in [3.63, 3.8) is 0 Å². The topological polar surface area (TPSA) is 34.1 Å². The molecule has 0 fully saturated rings. The van der Waals surface area contributed by atoms with Gasteiger partial charge in [-0.25, -0.2) is 9.13 Å². The molecule has 0 aliphatic carbocycles. The summed E-state index contributed by atoms with van der Waals surface area (Å²) in [5.74, 6) is 0. The van der Waals surface area contributed by atoms with Crippen LogP contribution in [-0.4, -0.2) is 0 Å². The van der Waals surface area contributed by atoms with Gasteiger partial charge in [-0.3, -0.25) is 0 Å². The van der Waals surface area contributed by atoms with E-state index in [2.05, 4.69) is 0 Å². The predicted octanol–water partition coefficient (Wildman–Crippen LogP) is 2.36. The normalized spacial score (nSPS) is 9.20. The smallest absolute Gasteiger partial charge is 0.237 e. The van der Waals surface area contributed by atoms with Crippen LogP contribution in [0, 0.1) is 0 Å². The van der Waals surface area contributed by atoms with E-state index in [4.69, 9.17) is 0 Å². The summed E-state index contributed by atoms with van der Waals surface area (Å²) in [6.07, 6.45) is 0.149. The molecule has 0 spiro atoms. The summed E-state index contributed by atoms with van der Waals surface area (Å²) in [7, 11) is -2.28. The number of hydrogen-bond donors (Lipinski definition) is 0. The van der Waals surface area contributed by atoms with Crippen LogP contribution in [0.1, 0.15) is 5.56 Å². The highest BCUT2D eigenvalue weighted by atomic mass is 31.1. The number of rotatable bonds is 2. The van der Waals surface area contributed by atoms with Gasteiger partial charge in [-0.05, 0) is 5.56 Å². The minimum atomic E-state index is -2.28. The maximum atomic E-state index is 10.2. The molecule has 0 unspecified atom stereocenters. The molecule has 0 aliphatic rings. The van der Waals surface area contributed by atoms with Gasteiger partial charge < -0.3 is 0 Å². The molecule has 2 nitrogen and oxygen atoms in total. The van der Waals surface area contributed by atoms with Crippen molar-refractivity contribution in [1.29, 1.82) is 0 Å². The Hall–Kier alpha value is -0.880. The van der Waals surface area contributed by atoms with E-state index >= 15 is 0 Å². The van der Waals surface area contributed by atoms with Crippen molar-refractivity contribution in [2.45, 2.75) is 6.16 Å². The predicted molar refractivity (Wildman–Crippen MR) is 38.4 cm³/mol. The molecule has 0 radical (unpaired) electrons. The van der Waals surface area contributed by atoms with Crippen molar-refractivity contribution in [1.82, 2.24) is 0 Å². The summed E-state index contributed by atoms with van der Waals surface area (Å²) in [4.78, 5) is 0.